The van der Waals surface area contributed by atoms with Gasteiger partial charge in [0.1, 0.15) is 12.4 Å². The Morgan fingerprint density at radius 1 is 1.00 bits per heavy atom. The molecule has 1 aliphatic carbocycles. The Labute approximate surface area is 242 Å². The van der Waals surface area contributed by atoms with Crippen molar-refractivity contribution in [2.45, 2.75) is 44.4 Å². The zero-order chi connectivity index (χ0) is 30.6. The minimum atomic E-state index is -4.55. The lowest BCUT2D eigenvalue weighted by atomic mass is 9.82. The number of halogens is 5. The number of rotatable bonds is 9. The number of nitrogens with zero attached hydrogens (tertiary/aromatic N) is 4. The lowest BCUT2D eigenvalue weighted by Gasteiger charge is -2.26. The molecule has 0 radical (unpaired) electrons. The van der Waals surface area contributed by atoms with Crippen LogP contribution < -0.4 is 14.8 Å². The van der Waals surface area contributed by atoms with Crippen LogP contribution in [-0.4, -0.2) is 39.7 Å². The number of ether oxygens (including phenoxy) is 2. The number of methoxy groups -OCH3 is 1. The van der Waals surface area contributed by atoms with Crippen LogP contribution in [0.1, 0.15) is 59.0 Å². The first-order valence-electron chi connectivity index (χ1n) is 13.4. The number of carbonyl (C=O) groups is 1. The van der Waals surface area contributed by atoms with Gasteiger partial charge in [0.05, 0.1) is 12.7 Å². The van der Waals surface area contributed by atoms with Crippen LogP contribution >= 0.6 is 0 Å². The summed E-state index contributed by atoms with van der Waals surface area (Å²) in [5, 5.41) is 6.53. The summed E-state index contributed by atoms with van der Waals surface area (Å²) in [7, 11) is 1.53. The van der Waals surface area contributed by atoms with E-state index in [4.69, 9.17) is 14.0 Å². The first-order valence-corrected chi connectivity index (χ1v) is 13.4. The molecule has 14 heteroatoms. The second kappa shape index (κ2) is 12.7. The zero-order valence-corrected chi connectivity index (χ0v) is 22.8. The van der Waals surface area contributed by atoms with Gasteiger partial charge in [0.2, 0.25) is 17.5 Å². The smallest absolute Gasteiger partial charge is 0.419 e. The van der Waals surface area contributed by atoms with Gasteiger partial charge in [-0.2, -0.15) is 18.2 Å². The summed E-state index contributed by atoms with van der Waals surface area (Å²) in [5.74, 6) is -2.22. The first kappa shape index (κ1) is 29.9. The minimum absolute atomic E-state index is 0.00488. The standard InChI is InChI=1S/C29H26F5N5O4/c1-41-21-8-4-17(5-9-21)15-42-24-22(30)10-19(11-23(24)31)27(40)37-12-16-2-6-18(7-3-16)28-38-26(39-43-28)25-35-13-20(14-36-25)29(32,33)34/h4-5,8-11,13-14,16,18H,2-3,6-7,12,15H2,1H3,(H,37,40). The molecule has 1 aliphatic rings. The number of hydrogen-bond donors (Lipinski definition) is 1. The number of benzene rings is 2. The summed E-state index contributed by atoms with van der Waals surface area (Å²) in [6.45, 7) is 0.235. The highest BCUT2D eigenvalue weighted by Gasteiger charge is 2.32. The molecule has 0 bridgehead atoms. The fraction of sp³-hybridized carbons (Fsp3) is 0.345. The average molecular weight is 604 g/mol. The van der Waals surface area contributed by atoms with E-state index in [1.54, 1.807) is 24.3 Å². The second-order valence-electron chi connectivity index (χ2n) is 10.1. The first-order chi connectivity index (χ1) is 20.6. The number of hydrogen-bond acceptors (Lipinski definition) is 8. The maximum atomic E-state index is 14.6. The van der Waals surface area contributed by atoms with Gasteiger partial charge in [-0.05, 0) is 61.4 Å². The van der Waals surface area contributed by atoms with E-state index in [9.17, 15) is 26.7 Å². The second-order valence-corrected chi connectivity index (χ2v) is 10.1. The van der Waals surface area contributed by atoms with E-state index in [2.05, 4.69) is 25.4 Å². The number of alkyl halides is 3. The summed E-state index contributed by atoms with van der Waals surface area (Å²) in [6, 6.07) is 8.70. The Kier molecular flexibility index (Phi) is 8.83. The van der Waals surface area contributed by atoms with Crippen LogP contribution in [0.25, 0.3) is 11.6 Å². The predicted octanol–water partition coefficient (Wildman–Crippen LogP) is 6.12. The minimum Gasteiger partial charge on any atom is -0.497 e. The van der Waals surface area contributed by atoms with Gasteiger partial charge in [-0.25, -0.2) is 18.7 Å². The average Bonchev–Trinajstić information content (AvgIpc) is 3.50. The molecule has 1 fully saturated rings. The topological polar surface area (TPSA) is 112 Å². The quantitative estimate of drug-likeness (QED) is 0.228. The molecule has 226 valence electrons. The van der Waals surface area contributed by atoms with Crippen molar-refractivity contribution in [3.63, 3.8) is 0 Å². The summed E-state index contributed by atoms with van der Waals surface area (Å²) in [5.41, 5.74) is -0.458. The lowest BCUT2D eigenvalue weighted by molar-refractivity contribution is -0.138. The molecule has 0 spiro atoms. The van der Waals surface area contributed by atoms with E-state index in [1.807, 2.05) is 0 Å². The van der Waals surface area contributed by atoms with Crippen molar-refractivity contribution in [2.24, 2.45) is 5.92 Å². The Bertz CT molecular complexity index is 1530. The molecule has 0 atom stereocenters. The third-order valence-corrected chi connectivity index (χ3v) is 7.17. The van der Waals surface area contributed by atoms with Crippen molar-refractivity contribution in [3.05, 3.63) is 83.0 Å². The van der Waals surface area contributed by atoms with Gasteiger partial charge in [-0.1, -0.05) is 17.3 Å². The largest absolute Gasteiger partial charge is 0.497 e. The fourth-order valence-corrected chi connectivity index (χ4v) is 4.74. The van der Waals surface area contributed by atoms with Gasteiger partial charge in [-0.3, -0.25) is 4.79 Å². The molecule has 0 saturated heterocycles. The normalized spacial score (nSPS) is 17.0. The Morgan fingerprint density at radius 3 is 2.26 bits per heavy atom. The molecule has 9 nitrogen and oxygen atoms in total. The molecule has 5 rings (SSSR count). The third-order valence-electron chi connectivity index (χ3n) is 7.17. The molecular formula is C29H26F5N5O4. The van der Waals surface area contributed by atoms with Gasteiger partial charge < -0.3 is 19.3 Å². The van der Waals surface area contributed by atoms with Crippen LogP contribution in [0.2, 0.25) is 0 Å². The summed E-state index contributed by atoms with van der Waals surface area (Å²) in [6.07, 6.45) is -0.483. The SMILES string of the molecule is COc1ccc(COc2c(F)cc(C(=O)NCC3CCC(c4nc(-c5ncc(C(F)(F)F)cn5)no4)CC3)cc2F)cc1. The summed E-state index contributed by atoms with van der Waals surface area (Å²) < 4.78 is 83.2. The Balaban J connectivity index is 1.10. The molecule has 4 aromatic rings. The predicted molar refractivity (Wildman–Crippen MR) is 141 cm³/mol. The maximum absolute atomic E-state index is 14.6. The highest BCUT2D eigenvalue weighted by atomic mass is 19.4. The van der Waals surface area contributed by atoms with Crippen molar-refractivity contribution in [1.82, 2.24) is 25.4 Å². The van der Waals surface area contributed by atoms with E-state index in [0.717, 1.165) is 12.1 Å². The molecular weight excluding hydrogens is 577 g/mol. The van der Waals surface area contributed by atoms with Crippen LogP contribution in [0.5, 0.6) is 11.5 Å². The molecule has 43 heavy (non-hydrogen) atoms. The number of aromatic nitrogens is 4. The van der Waals surface area contributed by atoms with Crippen LogP contribution in [0.15, 0.2) is 53.3 Å². The van der Waals surface area contributed by atoms with Crippen LogP contribution in [0.4, 0.5) is 22.0 Å². The highest BCUT2D eigenvalue weighted by Crippen LogP contribution is 2.35. The van der Waals surface area contributed by atoms with Gasteiger partial charge >= 0.3 is 6.18 Å². The van der Waals surface area contributed by atoms with Crippen molar-refractivity contribution in [1.29, 1.82) is 0 Å². The van der Waals surface area contributed by atoms with Gasteiger partial charge in [0.15, 0.2) is 17.4 Å². The summed E-state index contributed by atoms with van der Waals surface area (Å²) >= 11 is 0. The summed E-state index contributed by atoms with van der Waals surface area (Å²) in [4.78, 5) is 24.3. The molecule has 0 aliphatic heterocycles. The van der Waals surface area contributed by atoms with Crippen LogP contribution in [0.3, 0.4) is 0 Å². The van der Waals surface area contributed by atoms with Crippen LogP contribution in [-0.2, 0) is 12.8 Å². The monoisotopic (exact) mass is 603 g/mol. The fourth-order valence-electron chi connectivity index (χ4n) is 4.74. The molecule has 1 amide bonds. The molecule has 2 heterocycles. The van der Waals surface area contributed by atoms with E-state index in [-0.39, 0.29) is 35.7 Å². The maximum Gasteiger partial charge on any atom is 0.419 e. The number of carbonyl (C=O) groups excluding carboxylic acids is 1. The van der Waals surface area contributed by atoms with Gasteiger partial charge in [0.25, 0.3) is 5.91 Å². The van der Waals surface area contributed by atoms with Gasteiger partial charge in [-0.15, -0.1) is 0 Å². The molecule has 1 N–H and O–H groups in total. The van der Waals surface area contributed by atoms with E-state index in [1.165, 1.54) is 7.11 Å². The third kappa shape index (κ3) is 7.24. The molecule has 2 aromatic carbocycles. The Hall–Kier alpha value is -4.62. The van der Waals surface area contributed by atoms with E-state index in [0.29, 0.717) is 61.8 Å². The van der Waals surface area contributed by atoms with Crippen molar-refractivity contribution >= 4 is 5.91 Å². The molecule has 0 unspecified atom stereocenters. The zero-order valence-electron chi connectivity index (χ0n) is 22.8. The van der Waals surface area contributed by atoms with Crippen molar-refractivity contribution < 1.29 is 40.7 Å². The molecule has 1 saturated carbocycles. The van der Waals surface area contributed by atoms with Gasteiger partial charge in [0, 0.05) is 30.4 Å². The van der Waals surface area contributed by atoms with E-state index >= 15 is 0 Å². The molecule has 2 aromatic heterocycles. The van der Waals surface area contributed by atoms with Crippen LogP contribution in [0, 0.1) is 17.6 Å². The highest BCUT2D eigenvalue weighted by molar-refractivity contribution is 5.94. The van der Waals surface area contributed by atoms with Crippen molar-refractivity contribution in [3.8, 4) is 23.1 Å². The van der Waals surface area contributed by atoms with E-state index < -0.39 is 35.0 Å². The Morgan fingerprint density at radius 2 is 1.65 bits per heavy atom. The lowest BCUT2D eigenvalue weighted by Crippen LogP contribution is -2.31. The number of amides is 1. The van der Waals surface area contributed by atoms with Crippen molar-refractivity contribution in [2.75, 3.05) is 13.7 Å². The number of nitrogens with one attached hydrogen (secondary N) is 1.